The van der Waals surface area contributed by atoms with Crippen molar-refractivity contribution in [1.29, 1.82) is 0 Å². The number of benzene rings is 1. The molecule has 8 nitrogen and oxygen atoms in total. The molecule has 184 valence electrons. The van der Waals surface area contributed by atoms with Crippen molar-refractivity contribution < 1.29 is 23.1 Å². The smallest absolute Gasteiger partial charge is 0.270 e. The van der Waals surface area contributed by atoms with Crippen molar-refractivity contribution in [3.05, 3.63) is 58.4 Å². The van der Waals surface area contributed by atoms with Crippen LogP contribution in [-0.2, 0) is 22.9 Å². The summed E-state index contributed by atoms with van der Waals surface area (Å²) in [5, 5.41) is 13.6. The van der Waals surface area contributed by atoms with Crippen molar-refractivity contribution in [2.45, 2.75) is 62.3 Å². The van der Waals surface area contributed by atoms with E-state index in [0.29, 0.717) is 48.9 Å². The lowest BCUT2D eigenvalue weighted by molar-refractivity contribution is 0.0697. The van der Waals surface area contributed by atoms with Crippen LogP contribution in [0.4, 0.5) is 0 Å². The van der Waals surface area contributed by atoms with Crippen LogP contribution in [0.25, 0.3) is 0 Å². The fourth-order valence-corrected chi connectivity index (χ4v) is 7.04. The van der Waals surface area contributed by atoms with Gasteiger partial charge in [0.05, 0.1) is 15.6 Å². The highest BCUT2D eigenvalue weighted by atomic mass is 35.5. The molecule has 1 saturated carbocycles. The molecule has 1 atom stereocenters. The summed E-state index contributed by atoms with van der Waals surface area (Å²) < 4.78 is 26.0. The molecule has 0 bridgehead atoms. The third-order valence-electron chi connectivity index (χ3n) is 7.23. The first-order chi connectivity index (χ1) is 15.9. The number of carbonyl (C=O) groups is 2. The van der Waals surface area contributed by atoms with Crippen LogP contribution in [0.2, 0.25) is 5.02 Å². The number of carbonyl (C=O) groups excluding carboxylic acids is 2. The first-order valence-electron chi connectivity index (χ1n) is 11.3. The van der Waals surface area contributed by atoms with Crippen molar-refractivity contribution in [2.75, 3.05) is 13.1 Å². The Kier molecular flexibility index (Phi) is 6.33. The lowest BCUT2D eigenvalue weighted by Gasteiger charge is -2.36. The van der Waals surface area contributed by atoms with Crippen LogP contribution in [-0.4, -0.2) is 63.5 Å². The molecule has 4 rings (SSSR count). The Balaban J connectivity index is 1.47. The van der Waals surface area contributed by atoms with Gasteiger partial charge < -0.3 is 19.9 Å². The normalized spacial score (nSPS) is 18.4. The van der Waals surface area contributed by atoms with Gasteiger partial charge in [0.2, 0.25) is 0 Å². The average molecular weight is 508 g/mol. The van der Waals surface area contributed by atoms with Gasteiger partial charge in [-0.1, -0.05) is 23.7 Å². The van der Waals surface area contributed by atoms with Gasteiger partial charge in [-0.05, 0) is 63.4 Å². The lowest BCUT2D eigenvalue weighted by Crippen LogP contribution is -2.54. The van der Waals surface area contributed by atoms with E-state index < -0.39 is 25.4 Å². The summed E-state index contributed by atoms with van der Waals surface area (Å²) in [6.45, 7) is 5.67. The molecule has 2 aromatic rings. The van der Waals surface area contributed by atoms with Crippen molar-refractivity contribution in [2.24, 2.45) is 0 Å². The van der Waals surface area contributed by atoms with Crippen LogP contribution in [0.1, 0.15) is 60.2 Å². The monoisotopic (exact) mass is 507 g/mol. The summed E-state index contributed by atoms with van der Waals surface area (Å²) in [5.41, 5.74) is 1.66. The zero-order chi connectivity index (χ0) is 24.9. The molecular formula is C24H30ClN3O5S. The summed E-state index contributed by atoms with van der Waals surface area (Å²) in [6, 6.07) is 10.4. The molecule has 1 fully saturated rings. The van der Waals surface area contributed by atoms with Gasteiger partial charge in [-0.2, -0.15) is 0 Å². The Morgan fingerprint density at radius 1 is 1.18 bits per heavy atom. The second-order valence-corrected chi connectivity index (χ2v) is 13.1. The molecule has 2 aliphatic rings. The molecule has 2 amide bonds. The van der Waals surface area contributed by atoms with Crippen LogP contribution in [0.5, 0.6) is 0 Å². The Morgan fingerprint density at radius 3 is 2.41 bits per heavy atom. The van der Waals surface area contributed by atoms with Gasteiger partial charge in [0.15, 0.2) is 9.84 Å². The average Bonchev–Trinajstić information content (AvgIpc) is 3.45. The number of halogens is 1. The first-order valence-corrected chi connectivity index (χ1v) is 13.2. The summed E-state index contributed by atoms with van der Waals surface area (Å²) in [4.78, 5) is 27.5. The number of hydrogen-bond acceptors (Lipinski definition) is 5. The van der Waals surface area contributed by atoms with E-state index in [1.807, 2.05) is 12.1 Å². The molecule has 0 radical (unpaired) electrons. The number of fused-ring (bicyclic) bond motifs is 1. The number of aromatic nitrogens is 1. The zero-order valence-electron chi connectivity index (χ0n) is 19.5. The second-order valence-electron chi connectivity index (χ2n) is 9.76. The number of hydrogen-bond donors (Lipinski definition) is 2. The third kappa shape index (κ3) is 4.14. The van der Waals surface area contributed by atoms with Crippen LogP contribution in [0, 0.1) is 0 Å². The van der Waals surface area contributed by atoms with E-state index in [0.717, 1.165) is 5.56 Å². The molecule has 0 saturated heterocycles. The highest BCUT2D eigenvalue weighted by Crippen LogP contribution is 2.49. The molecule has 34 heavy (non-hydrogen) atoms. The van der Waals surface area contributed by atoms with Gasteiger partial charge >= 0.3 is 0 Å². The van der Waals surface area contributed by atoms with Crippen LogP contribution in [0.15, 0.2) is 36.4 Å². The summed E-state index contributed by atoms with van der Waals surface area (Å²) >= 11 is 5.89. The number of rotatable bonds is 8. The quantitative estimate of drug-likeness (QED) is 0.571. The minimum atomic E-state index is -3.69. The van der Waals surface area contributed by atoms with E-state index >= 15 is 0 Å². The molecule has 2 N–H and O–H groups in total. The maximum absolute atomic E-state index is 13.3. The number of amides is 2. The Morgan fingerprint density at radius 2 is 1.82 bits per heavy atom. The van der Waals surface area contributed by atoms with Gasteiger partial charge in [-0.15, -0.1) is 0 Å². The zero-order valence-corrected chi connectivity index (χ0v) is 21.1. The molecule has 1 aromatic heterocycles. The van der Waals surface area contributed by atoms with E-state index in [4.69, 9.17) is 11.6 Å². The van der Waals surface area contributed by atoms with Crippen molar-refractivity contribution in [3.63, 3.8) is 0 Å². The van der Waals surface area contributed by atoms with Crippen LogP contribution >= 0.6 is 11.6 Å². The highest BCUT2D eigenvalue weighted by molar-refractivity contribution is 7.94. The van der Waals surface area contributed by atoms with Gasteiger partial charge in [0.25, 0.3) is 11.8 Å². The van der Waals surface area contributed by atoms with Gasteiger partial charge in [-0.25, -0.2) is 8.42 Å². The van der Waals surface area contributed by atoms with Crippen molar-refractivity contribution in [3.8, 4) is 0 Å². The van der Waals surface area contributed by atoms with Crippen molar-refractivity contribution in [1.82, 2.24) is 14.8 Å². The van der Waals surface area contributed by atoms with Gasteiger partial charge in [-0.3, -0.25) is 9.59 Å². The minimum Gasteiger partial charge on any atom is -0.392 e. The maximum Gasteiger partial charge on any atom is 0.270 e. The Bertz CT molecular complexity index is 1210. The molecule has 0 spiro atoms. The Labute approximate surface area is 204 Å². The molecule has 0 unspecified atom stereocenters. The maximum atomic E-state index is 13.3. The number of nitrogens with zero attached hydrogens (tertiary/aromatic N) is 2. The first kappa shape index (κ1) is 24.8. The summed E-state index contributed by atoms with van der Waals surface area (Å²) in [6.07, 6.45) is -0.0956. The van der Waals surface area contributed by atoms with Crippen LogP contribution < -0.4 is 5.32 Å². The van der Waals surface area contributed by atoms with Crippen LogP contribution in [0.3, 0.4) is 0 Å². The largest absolute Gasteiger partial charge is 0.392 e. The lowest BCUT2D eigenvalue weighted by atomic mass is 10.1. The van der Waals surface area contributed by atoms with E-state index in [1.54, 1.807) is 33.7 Å². The molecule has 2 heterocycles. The van der Waals surface area contributed by atoms with Crippen molar-refractivity contribution >= 4 is 33.3 Å². The number of sulfone groups is 1. The number of nitrogens with one attached hydrogen (secondary N) is 1. The molecule has 10 heteroatoms. The topological polar surface area (TPSA) is 109 Å². The molecule has 1 aliphatic carbocycles. The fraction of sp³-hybridized carbons (Fsp3) is 0.500. The summed E-state index contributed by atoms with van der Waals surface area (Å²) in [5.74, 6) is -0.582. The number of aliphatic hydroxyl groups excluding tert-OH is 1. The third-order valence-corrected chi connectivity index (χ3v) is 10.9. The molecule has 1 aromatic carbocycles. The predicted molar refractivity (Wildman–Crippen MR) is 130 cm³/mol. The van der Waals surface area contributed by atoms with E-state index in [1.165, 1.54) is 20.8 Å². The summed E-state index contributed by atoms with van der Waals surface area (Å²) in [7, 11) is -3.69. The van der Waals surface area contributed by atoms with Gasteiger partial charge in [0, 0.05) is 31.2 Å². The number of aliphatic hydroxyl groups is 1. The Hall–Kier alpha value is -2.36. The predicted octanol–water partition coefficient (Wildman–Crippen LogP) is 2.63. The van der Waals surface area contributed by atoms with Gasteiger partial charge in [0.1, 0.15) is 11.4 Å². The van der Waals surface area contributed by atoms with E-state index in [9.17, 15) is 23.1 Å². The highest BCUT2D eigenvalue weighted by Gasteiger charge is 2.61. The van der Waals surface area contributed by atoms with E-state index in [-0.39, 0.29) is 18.4 Å². The fourth-order valence-electron chi connectivity index (χ4n) is 4.39. The van der Waals surface area contributed by atoms with E-state index in [2.05, 4.69) is 5.32 Å². The SMILES string of the molecule is C[C@H](O)C(C)(C)S(=O)(=O)C1(CN2CCn3c(C(=O)NCc4ccc(Cl)cc4)ccc3C2=O)CC1. The molecule has 1 aliphatic heterocycles. The molecular weight excluding hydrogens is 478 g/mol. The second kappa shape index (κ2) is 8.70. The standard InChI is InChI=1S/C24H30ClN3O5S/c1-16(29)23(2,3)34(32,33)24(10-11-24)15-27-12-13-28-19(8-9-20(28)22(27)31)21(30)26-14-17-4-6-18(25)7-5-17/h4-9,16,29H,10-15H2,1-3H3,(H,26,30)/t16-/m0/s1. The minimum absolute atomic E-state index is 0.0909.